The van der Waals surface area contributed by atoms with Crippen LogP contribution in [0.3, 0.4) is 0 Å². The zero-order valence-electron chi connectivity index (χ0n) is 18.0. The number of para-hydroxylation sites is 1. The lowest BCUT2D eigenvalue weighted by molar-refractivity contribution is 0.191. The van der Waals surface area contributed by atoms with Crippen molar-refractivity contribution in [2.24, 2.45) is 0 Å². The minimum absolute atomic E-state index is 0.119. The summed E-state index contributed by atoms with van der Waals surface area (Å²) in [6.07, 6.45) is 1.99. The Hall–Kier alpha value is -2.43. The van der Waals surface area contributed by atoms with Crippen LogP contribution in [0, 0.1) is 0 Å². The third-order valence-electron chi connectivity index (χ3n) is 7.45. The molecule has 2 aliphatic heterocycles. The van der Waals surface area contributed by atoms with Crippen molar-refractivity contribution in [1.82, 2.24) is 9.47 Å². The van der Waals surface area contributed by atoms with Gasteiger partial charge in [-0.05, 0) is 48.6 Å². The SMILES string of the molecule is CCn1c2ccccc2c2ccc(CN3CCC4(CC3)c3ccccc3CS4=O)cc21. The first kappa shape index (κ1) is 19.3. The Morgan fingerprint density at radius 3 is 2.48 bits per heavy atom. The molecular weight excluding hydrogens is 400 g/mol. The lowest BCUT2D eigenvalue weighted by Crippen LogP contribution is -2.43. The third-order valence-corrected chi connectivity index (χ3v) is 9.53. The Kier molecular flexibility index (Phi) is 4.55. The number of fused-ring (bicyclic) bond motifs is 5. The minimum atomic E-state index is -0.788. The second-order valence-corrected chi connectivity index (χ2v) is 10.8. The molecule has 3 aromatic carbocycles. The van der Waals surface area contributed by atoms with Crippen LogP contribution in [0.1, 0.15) is 36.5 Å². The van der Waals surface area contributed by atoms with Crippen molar-refractivity contribution < 1.29 is 4.21 Å². The van der Waals surface area contributed by atoms with E-state index in [1.165, 1.54) is 38.5 Å². The lowest BCUT2D eigenvalue weighted by atomic mass is 9.86. The highest BCUT2D eigenvalue weighted by Gasteiger charge is 2.46. The van der Waals surface area contributed by atoms with Gasteiger partial charge in [0.2, 0.25) is 0 Å². The fraction of sp³-hybridized carbons (Fsp3) is 0.333. The Balaban J connectivity index is 1.26. The Bertz CT molecular complexity index is 1310. The molecule has 158 valence electrons. The maximum atomic E-state index is 13.1. The van der Waals surface area contributed by atoms with Crippen molar-refractivity contribution >= 4 is 32.6 Å². The largest absolute Gasteiger partial charge is 0.341 e. The predicted molar refractivity (Wildman–Crippen MR) is 130 cm³/mol. The van der Waals surface area contributed by atoms with Crippen LogP contribution in [0.25, 0.3) is 21.8 Å². The third kappa shape index (κ3) is 2.92. The fourth-order valence-electron chi connectivity index (χ4n) is 5.85. The lowest BCUT2D eigenvalue weighted by Gasteiger charge is -2.39. The van der Waals surface area contributed by atoms with Gasteiger partial charge in [0, 0.05) is 64.5 Å². The van der Waals surface area contributed by atoms with E-state index in [9.17, 15) is 4.21 Å². The number of hydrogen-bond acceptors (Lipinski definition) is 2. The van der Waals surface area contributed by atoms with Gasteiger partial charge in [0.1, 0.15) is 0 Å². The van der Waals surface area contributed by atoms with Crippen molar-refractivity contribution in [2.45, 2.75) is 43.4 Å². The zero-order valence-corrected chi connectivity index (χ0v) is 18.8. The summed E-state index contributed by atoms with van der Waals surface area (Å²) >= 11 is 0. The summed E-state index contributed by atoms with van der Waals surface area (Å²) in [6, 6.07) is 24.3. The van der Waals surface area contributed by atoms with E-state index in [0.717, 1.165) is 44.8 Å². The van der Waals surface area contributed by atoms with Gasteiger partial charge < -0.3 is 4.57 Å². The van der Waals surface area contributed by atoms with E-state index < -0.39 is 10.8 Å². The van der Waals surface area contributed by atoms with Crippen LogP contribution in [-0.4, -0.2) is 26.8 Å². The number of hydrogen-bond donors (Lipinski definition) is 0. The summed E-state index contributed by atoms with van der Waals surface area (Å²) in [7, 11) is -0.788. The van der Waals surface area contributed by atoms with Crippen molar-refractivity contribution in [3.05, 3.63) is 83.4 Å². The van der Waals surface area contributed by atoms with E-state index in [-0.39, 0.29) is 4.75 Å². The zero-order chi connectivity index (χ0) is 21.0. The number of benzene rings is 3. The molecule has 4 aromatic rings. The number of aryl methyl sites for hydroxylation is 1. The highest BCUT2D eigenvalue weighted by atomic mass is 32.2. The number of piperidine rings is 1. The molecule has 1 atom stereocenters. The van der Waals surface area contributed by atoms with Crippen LogP contribution in [0.4, 0.5) is 0 Å². The van der Waals surface area contributed by atoms with E-state index >= 15 is 0 Å². The Morgan fingerprint density at radius 1 is 0.903 bits per heavy atom. The standard InChI is InChI=1S/C27H28N2OS/c1-2-29-25-10-6-4-8-22(25)23-12-11-20(17-26(23)29)18-28-15-13-27(14-16-28)24-9-5-3-7-21(24)19-31(27)30/h3-12,17H,2,13-16,18-19H2,1H3. The first-order valence-corrected chi connectivity index (χ1v) is 12.7. The van der Waals surface area contributed by atoms with E-state index in [1.54, 1.807) is 0 Å². The maximum Gasteiger partial charge on any atom is 0.0737 e. The molecule has 0 aliphatic carbocycles. The second kappa shape index (κ2) is 7.32. The van der Waals surface area contributed by atoms with Crippen LogP contribution in [0.2, 0.25) is 0 Å². The van der Waals surface area contributed by atoms with Crippen LogP contribution in [-0.2, 0) is 34.4 Å². The molecule has 1 spiro atoms. The molecule has 3 nitrogen and oxygen atoms in total. The van der Waals surface area contributed by atoms with Crippen LogP contribution in [0.5, 0.6) is 0 Å². The number of aromatic nitrogens is 1. The highest BCUT2D eigenvalue weighted by molar-refractivity contribution is 7.85. The molecule has 0 amide bonds. The molecule has 4 heteroatoms. The minimum Gasteiger partial charge on any atom is -0.341 e. The van der Waals surface area contributed by atoms with E-state index in [0.29, 0.717) is 0 Å². The molecule has 1 saturated heterocycles. The monoisotopic (exact) mass is 428 g/mol. The van der Waals surface area contributed by atoms with Gasteiger partial charge in [-0.25, -0.2) is 0 Å². The molecule has 2 aliphatic rings. The average Bonchev–Trinajstić information content (AvgIpc) is 3.27. The first-order chi connectivity index (χ1) is 15.2. The Labute approximate surface area is 186 Å². The maximum absolute atomic E-state index is 13.1. The summed E-state index contributed by atoms with van der Waals surface area (Å²) in [6.45, 7) is 6.18. The van der Waals surface area contributed by atoms with Gasteiger partial charge in [-0.2, -0.15) is 0 Å². The quantitative estimate of drug-likeness (QED) is 0.426. The van der Waals surface area contributed by atoms with Crippen molar-refractivity contribution in [2.75, 3.05) is 13.1 Å². The first-order valence-electron chi connectivity index (χ1n) is 11.4. The number of rotatable bonds is 3. The van der Waals surface area contributed by atoms with Gasteiger partial charge in [-0.15, -0.1) is 0 Å². The van der Waals surface area contributed by atoms with Crippen molar-refractivity contribution in [3.63, 3.8) is 0 Å². The fourth-order valence-corrected chi connectivity index (χ4v) is 7.75. The summed E-state index contributed by atoms with van der Waals surface area (Å²) in [5.41, 5.74) is 6.67. The summed E-state index contributed by atoms with van der Waals surface area (Å²) in [5.74, 6) is 0.731. The van der Waals surface area contributed by atoms with Crippen molar-refractivity contribution in [3.8, 4) is 0 Å². The van der Waals surface area contributed by atoms with Gasteiger partial charge in [-0.3, -0.25) is 9.11 Å². The van der Waals surface area contributed by atoms with E-state index in [2.05, 4.69) is 83.1 Å². The molecule has 3 heterocycles. The topological polar surface area (TPSA) is 25.2 Å². The predicted octanol–water partition coefficient (Wildman–Crippen LogP) is 5.57. The molecule has 0 bridgehead atoms. The summed E-state index contributed by atoms with van der Waals surface area (Å²) in [4.78, 5) is 2.55. The van der Waals surface area contributed by atoms with Gasteiger partial charge in [0.25, 0.3) is 0 Å². The summed E-state index contributed by atoms with van der Waals surface area (Å²) < 4.78 is 15.4. The molecule has 0 saturated carbocycles. The number of nitrogens with zero attached hydrogens (tertiary/aromatic N) is 2. The smallest absolute Gasteiger partial charge is 0.0737 e. The average molecular weight is 429 g/mol. The molecule has 0 radical (unpaired) electrons. The Morgan fingerprint density at radius 2 is 1.65 bits per heavy atom. The van der Waals surface area contributed by atoms with Gasteiger partial charge in [0.05, 0.1) is 4.75 Å². The molecule has 1 aromatic heterocycles. The molecule has 1 unspecified atom stereocenters. The van der Waals surface area contributed by atoms with Gasteiger partial charge in [0.15, 0.2) is 0 Å². The molecule has 6 rings (SSSR count). The number of likely N-dealkylation sites (tertiary alicyclic amines) is 1. The van der Waals surface area contributed by atoms with Crippen LogP contribution < -0.4 is 0 Å². The molecule has 31 heavy (non-hydrogen) atoms. The van der Waals surface area contributed by atoms with E-state index in [4.69, 9.17) is 0 Å². The van der Waals surface area contributed by atoms with Crippen LogP contribution >= 0.6 is 0 Å². The molecular formula is C27H28N2OS. The van der Waals surface area contributed by atoms with Gasteiger partial charge >= 0.3 is 0 Å². The molecule has 0 N–H and O–H groups in total. The van der Waals surface area contributed by atoms with Crippen molar-refractivity contribution in [1.29, 1.82) is 0 Å². The van der Waals surface area contributed by atoms with E-state index in [1.807, 2.05) is 0 Å². The van der Waals surface area contributed by atoms with Gasteiger partial charge in [-0.1, -0.05) is 54.6 Å². The normalized spacial score (nSPS) is 20.6. The molecule has 1 fully saturated rings. The summed E-state index contributed by atoms with van der Waals surface area (Å²) in [5, 5.41) is 2.69. The van der Waals surface area contributed by atoms with Crippen LogP contribution in [0.15, 0.2) is 66.7 Å². The second-order valence-electron chi connectivity index (χ2n) is 9.03. The highest BCUT2D eigenvalue weighted by Crippen LogP contribution is 2.46.